The molecule has 0 atom stereocenters. The largest absolute Gasteiger partial charge is 0.383 e. The molecular formula is C14H14BrFN2O2. The fraction of sp³-hybridized carbons (Fsp3) is 0.214. The van der Waals surface area contributed by atoms with Crippen molar-refractivity contribution >= 4 is 27.5 Å². The van der Waals surface area contributed by atoms with Crippen LogP contribution in [0.25, 0.3) is 0 Å². The van der Waals surface area contributed by atoms with Crippen LogP contribution in [0.4, 0.5) is 10.1 Å². The number of nitrogens with one attached hydrogen (secondary N) is 1. The van der Waals surface area contributed by atoms with Gasteiger partial charge < -0.3 is 14.6 Å². The minimum absolute atomic E-state index is 0.246. The third-order valence-corrected chi connectivity index (χ3v) is 3.38. The van der Waals surface area contributed by atoms with E-state index in [0.717, 1.165) is 0 Å². The first-order chi connectivity index (χ1) is 9.61. The van der Waals surface area contributed by atoms with Crippen molar-refractivity contribution < 1.29 is 13.9 Å². The molecule has 0 saturated heterocycles. The first kappa shape index (κ1) is 14.7. The summed E-state index contributed by atoms with van der Waals surface area (Å²) >= 11 is 3.09. The average Bonchev–Trinajstić information content (AvgIpc) is 2.89. The molecule has 106 valence electrons. The second-order valence-electron chi connectivity index (χ2n) is 4.16. The second kappa shape index (κ2) is 6.67. The van der Waals surface area contributed by atoms with Crippen LogP contribution in [0.2, 0.25) is 0 Å². The summed E-state index contributed by atoms with van der Waals surface area (Å²) in [6, 6.07) is 7.86. The molecule has 1 aromatic carbocycles. The zero-order valence-corrected chi connectivity index (χ0v) is 12.5. The molecule has 6 heteroatoms. The molecule has 0 unspecified atom stereocenters. The predicted molar refractivity (Wildman–Crippen MR) is 78.4 cm³/mol. The fourth-order valence-corrected chi connectivity index (χ4v) is 2.15. The van der Waals surface area contributed by atoms with Gasteiger partial charge in [0.1, 0.15) is 11.5 Å². The summed E-state index contributed by atoms with van der Waals surface area (Å²) in [7, 11) is 1.61. The fourth-order valence-electron chi connectivity index (χ4n) is 1.77. The summed E-state index contributed by atoms with van der Waals surface area (Å²) in [6.45, 7) is 1.12. The third kappa shape index (κ3) is 3.46. The molecule has 2 rings (SSSR count). The maximum atomic E-state index is 13.1. The summed E-state index contributed by atoms with van der Waals surface area (Å²) in [4.78, 5) is 12.2. The zero-order chi connectivity index (χ0) is 14.5. The van der Waals surface area contributed by atoms with Gasteiger partial charge in [0.15, 0.2) is 0 Å². The van der Waals surface area contributed by atoms with E-state index in [1.54, 1.807) is 23.8 Å². The molecule has 1 aromatic heterocycles. The number of aromatic nitrogens is 1. The number of ether oxygens (including phenoxy) is 1. The number of anilines is 1. The Hall–Kier alpha value is -1.66. The Morgan fingerprint density at radius 1 is 1.45 bits per heavy atom. The van der Waals surface area contributed by atoms with E-state index < -0.39 is 0 Å². The number of carbonyl (C=O) groups excluding carboxylic acids is 1. The number of nitrogens with zero attached hydrogens (tertiary/aromatic N) is 1. The molecule has 1 amide bonds. The number of amides is 1. The molecule has 0 aliphatic carbocycles. The third-order valence-electron chi connectivity index (χ3n) is 2.78. The van der Waals surface area contributed by atoms with Crippen molar-refractivity contribution in [1.29, 1.82) is 0 Å². The molecular weight excluding hydrogens is 327 g/mol. The first-order valence-corrected chi connectivity index (χ1v) is 6.81. The van der Waals surface area contributed by atoms with Crippen LogP contribution in [0.3, 0.4) is 0 Å². The van der Waals surface area contributed by atoms with Crippen molar-refractivity contribution in [3.05, 3.63) is 52.5 Å². The van der Waals surface area contributed by atoms with Crippen LogP contribution in [-0.4, -0.2) is 24.2 Å². The molecule has 1 N–H and O–H groups in total. The van der Waals surface area contributed by atoms with Gasteiger partial charge in [0.25, 0.3) is 5.91 Å². The van der Waals surface area contributed by atoms with Crippen LogP contribution in [0.15, 0.2) is 41.0 Å². The summed E-state index contributed by atoms with van der Waals surface area (Å²) in [6.07, 6.45) is 1.81. The van der Waals surface area contributed by atoms with E-state index in [1.807, 2.05) is 6.20 Å². The van der Waals surface area contributed by atoms with Gasteiger partial charge in [0, 0.05) is 25.5 Å². The highest BCUT2D eigenvalue weighted by Gasteiger charge is 2.11. The van der Waals surface area contributed by atoms with E-state index >= 15 is 0 Å². The first-order valence-electron chi connectivity index (χ1n) is 6.02. The van der Waals surface area contributed by atoms with Gasteiger partial charge in [-0.3, -0.25) is 4.79 Å². The summed E-state index contributed by atoms with van der Waals surface area (Å²) in [5.74, 6) is -0.615. The Morgan fingerprint density at radius 3 is 2.95 bits per heavy atom. The maximum Gasteiger partial charge on any atom is 0.272 e. The number of methoxy groups -OCH3 is 1. The van der Waals surface area contributed by atoms with E-state index in [2.05, 4.69) is 21.2 Å². The maximum absolute atomic E-state index is 13.1. The highest BCUT2D eigenvalue weighted by molar-refractivity contribution is 9.10. The van der Waals surface area contributed by atoms with Gasteiger partial charge in [0.05, 0.1) is 11.1 Å². The van der Waals surface area contributed by atoms with E-state index in [9.17, 15) is 9.18 Å². The SMILES string of the molecule is COCCn1cccc1C(=O)Nc1ccc(F)c(Br)c1. The Morgan fingerprint density at radius 2 is 2.25 bits per heavy atom. The summed E-state index contributed by atoms with van der Waals surface area (Å²) in [5, 5.41) is 2.73. The molecule has 0 fully saturated rings. The smallest absolute Gasteiger partial charge is 0.272 e. The molecule has 0 spiro atoms. The Balaban J connectivity index is 2.11. The molecule has 1 heterocycles. The molecule has 4 nitrogen and oxygen atoms in total. The van der Waals surface area contributed by atoms with Crippen molar-refractivity contribution in [2.75, 3.05) is 19.0 Å². The number of hydrogen-bond acceptors (Lipinski definition) is 2. The minimum Gasteiger partial charge on any atom is -0.383 e. The van der Waals surface area contributed by atoms with Crippen LogP contribution in [0, 0.1) is 5.82 Å². The van der Waals surface area contributed by atoms with E-state index in [0.29, 0.717) is 29.0 Å². The van der Waals surface area contributed by atoms with E-state index in [4.69, 9.17) is 4.74 Å². The van der Waals surface area contributed by atoms with Crippen molar-refractivity contribution in [3.8, 4) is 0 Å². The van der Waals surface area contributed by atoms with Crippen LogP contribution >= 0.6 is 15.9 Å². The van der Waals surface area contributed by atoms with Gasteiger partial charge in [-0.25, -0.2) is 4.39 Å². The van der Waals surface area contributed by atoms with Gasteiger partial charge in [-0.2, -0.15) is 0 Å². The molecule has 2 aromatic rings. The molecule has 0 radical (unpaired) electrons. The van der Waals surface area contributed by atoms with E-state index in [1.165, 1.54) is 18.2 Å². The second-order valence-corrected chi connectivity index (χ2v) is 5.02. The molecule has 0 bridgehead atoms. The average molecular weight is 341 g/mol. The van der Waals surface area contributed by atoms with Crippen LogP contribution in [0.1, 0.15) is 10.5 Å². The Kier molecular flexibility index (Phi) is 4.92. The standard InChI is InChI=1S/C14H14BrFN2O2/c1-20-8-7-18-6-2-3-13(18)14(19)17-10-4-5-12(16)11(15)9-10/h2-6,9H,7-8H2,1H3,(H,17,19). The molecule has 0 saturated carbocycles. The number of carbonyl (C=O) groups is 1. The highest BCUT2D eigenvalue weighted by Crippen LogP contribution is 2.20. The lowest BCUT2D eigenvalue weighted by Gasteiger charge is -2.09. The zero-order valence-electron chi connectivity index (χ0n) is 10.9. The Labute approximate surface area is 124 Å². The molecule has 20 heavy (non-hydrogen) atoms. The van der Waals surface area contributed by atoms with Crippen molar-refractivity contribution in [3.63, 3.8) is 0 Å². The van der Waals surface area contributed by atoms with Crippen LogP contribution < -0.4 is 5.32 Å². The lowest BCUT2D eigenvalue weighted by atomic mass is 10.3. The van der Waals surface area contributed by atoms with Gasteiger partial charge in [-0.1, -0.05) is 0 Å². The van der Waals surface area contributed by atoms with Crippen molar-refractivity contribution in [1.82, 2.24) is 4.57 Å². The predicted octanol–water partition coefficient (Wildman–Crippen LogP) is 3.29. The normalized spacial score (nSPS) is 10.6. The summed E-state index contributed by atoms with van der Waals surface area (Å²) in [5.41, 5.74) is 1.06. The van der Waals surface area contributed by atoms with Gasteiger partial charge >= 0.3 is 0 Å². The van der Waals surface area contributed by atoms with E-state index in [-0.39, 0.29) is 11.7 Å². The lowest BCUT2D eigenvalue weighted by Crippen LogP contribution is -2.18. The number of halogens is 2. The summed E-state index contributed by atoms with van der Waals surface area (Å²) < 4.78 is 20.2. The minimum atomic E-state index is -0.369. The van der Waals surface area contributed by atoms with Gasteiger partial charge in [0.2, 0.25) is 0 Å². The lowest BCUT2D eigenvalue weighted by molar-refractivity contribution is 0.101. The number of hydrogen-bond donors (Lipinski definition) is 1. The van der Waals surface area contributed by atoms with Gasteiger partial charge in [-0.15, -0.1) is 0 Å². The quantitative estimate of drug-likeness (QED) is 0.907. The number of benzene rings is 1. The van der Waals surface area contributed by atoms with Crippen LogP contribution in [-0.2, 0) is 11.3 Å². The molecule has 0 aliphatic heterocycles. The number of rotatable bonds is 5. The van der Waals surface area contributed by atoms with Crippen molar-refractivity contribution in [2.45, 2.75) is 6.54 Å². The van der Waals surface area contributed by atoms with Crippen molar-refractivity contribution in [2.24, 2.45) is 0 Å². The Bertz CT molecular complexity index is 613. The topological polar surface area (TPSA) is 43.3 Å². The molecule has 0 aliphatic rings. The highest BCUT2D eigenvalue weighted by atomic mass is 79.9. The van der Waals surface area contributed by atoms with Gasteiger partial charge in [-0.05, 0) is 46.3 Å². The monoisotopic (exact) mass is 340 g/mol. The van der Waals surface area contributed by atoms with Crippen LogP contribution in [0.5, 0.6) is 0 Å².